The number of carbonyl (C=O) groups is 1. The summed E-state index contributed by atoms with van der Waals surface area (Å²) in [4.78, 5) is 14.6. The van der Waals surface area contributed by atoms with Gasteiger partial charge in [-0.2, -0.15) is 0 Å². The fraction of sp³-hybridized carbons (Fsp3) is 0.227. The van der Waals surface area contributed by atoms with Gasteiger partial charge in [0.15, 0.2) is 10.8 Å². The van der Waals surface area contributed by atoms with Crippen molar-refractivity contribution in [3.8, 4) is 5.75 Å². The standard InChI is InChI=1S/C22H22N4O2S/c1-4-25(16-8-6-5-7-9-16)21(27)14-29-22-24-23-20-12-15(2)18-11-10-17(28-3)13-19(18)26(20)22/h5-13H,4,14H2,1-3H3. The Kier molecular flexibility index (Phi) is 5.40. The maximum atomic E-state index is 12.9. The normalized spacial score (nSPS) is 11.1. The molecule has 29 heavy (non-hydrogen) atoms. The van der Waals surface area contributed by atoms with Crippen LogP contribution in [0.4, 0.5) is 5.69 Å². The number of methoxy groups -OCH3 is 1. The lowest BCUT2D eigenvalue weighted by atomic mass is 10.1. The minimum atomic E-state index is 0.0365. The van der Waals surface area contributed by atoms with Crippen LogP contribution in [0.1, 0.15) is 12.5 Å². The number of carbonyl (C=O) groups excluding carboxylic acids is 1. The summed E-state index contributed by atoms with van der Waals surface area (Å²) in [6.07, 6.45) is 0. The number of thioether (sulfide) groups is 1. The van der Waals surface area contributed by atoms with Gasteiger partial charge >= 0.3 is 0 Å². The van der Waals surface area contributed by atoms with Crippen LogP contribution in [0, 0.1) is 6.92 Å². The fourth-order valence-electron chi connectivity index (χ4n) is 3.44. The second kappa shape index (κ2) is 8.13. The molecule has 0 bridgehead atoms. The smallest absolute Gasteiger partial charge is 0.237 e. The molecule has 6 nitrogen and oxygen atoms in total. The topological polar surface area (TPSA) is 59.7 Å². The molecular formula is C22H22N4O2S. The zero-order chi connectivity index (χ0) is 20.4. The quantitative estimate of drug-likeness (QED) is 0.446. The number of rotatable bonds is 6. The Labute approximate surface area is 173 Å². The second-order valence-corrected chi connectivity index (χ2v) is 7.59. The van der Waals surface area contributed by atoms with Crippen LogP contribution in [-0.4, -0.2) is 39.9 Å². The number of fused-ring (bicyclic) bond motifs is 3. The summed E-state index contributed by atoms with van der Waals surface area (Å²) in [6.45, 7) is 4.65. The minimum Gasteiger partial charge on any atom is -0.497 e. The third kappa shape index (κ3) is 3.65. The lowest BCUT2D eigenvalue weighted by Gasteiger charge is -2.20. The Morgan fingerprint density at radius 2 is 1.93 bits per heavy atom. The van der Waals surface area contributed by atoms with Crippen LogP contribution in [0.15, 0.2) is 59.8 Å². The van der Waals surface area contributed by atoms with Crippen molar-refractivity contribution in [2.45, 2.75) is 19.0 Å². The molecule has 2 aromatic carbocycles. The largest absolute Gasteiger partial charge is 0.497 e. The van der Waals surface area contributed by atoms with E-state index in [0.717, 1.165) is 33.6 Å². The van der Waals surface area contributed by atoms with Crippen molar-refractivity contribution in [3.63, 3.8) is 0 Å². The van der Waals surface area contributed by atoms with E-state index >= 15 is 0 Å². The first-order valence-corrected chi connectivity index (χ1v) is 10.4. The van der Waals surface area contributed by atoms with Crippen LogP contribution < -0.4 is 9.64 Å². The van der Waals surface area contributed by atoms with Gasteiger partial charge < -0.3 is 9.64 Å². The van der Waals surface area contributed by atoms with E-state index in [9.17, 15) is 4.79 Å². The van der Waals surface area contributed by atoms with Crippen LogP contribution in [0.2, 0.25) is 0 Å². The molecule has 0 N–H and O–H groups in total. The maximum Gasteiger partial charge on any atom is 0.237 e. The molecule has 0 aliphatic rings. The van der Waals surface area contributed by atoms with Gasteiger partial charge in [0.1, 0.15) is 5.75 Å². The third-order valence-electron chi connectivity index (χ3n) is 4.88. The van der Waals surface area contributed by atoms with Crippen LogP contribution in [-0.2, 0) is 4.79 Å². The predicted molar refractivity (Wildman–Crippen MR) is 117 cm³/mol. The van der Waals surface area contributed by atoms with E-state index in [0.29, 0.717) is 11.7 Å². The van der Waals surface area contributed by atoms with Gasteiger partial charge in [0.25, 0.3) is 0 Å². The highest BCUT2D eigenvalue weighted by atomic mass is 32.2. The van der Waals surface area contributed by atoms with Crippen molar-refractivity contribution in [3.05, 3.63) is 60.2 Å². The highest BCUT2D eigenvalue weighted by Crippen LogP contribution is 2.29. The summed E-state index contributed by atoms with van der Waals surface area (Å²) in [5, 5.41) is 10.4. The number of anilines is 1. The maximum absolute atomic E-state index is 12.9. The predicted octanol–water partition coefficient (Wildman–Crippen LogP) is 4.34. The van der Waals surface area contributed by atoms with Crippen LogP contribution in [0.5, 0.6) is 5.75 Å². The average molecular weight is 407 g/mol. The minimum absolute atomic E-state index is 0.0365. The molecule has 2 aromatic heterocycles. The van der Waals surface area contributed by atoms with Crippen molar-refractivity contribution < 1.29 is 9.53 Å². The lowest BCUT2D eigenvalue weighted by Crippen LogP contribution is -2.32. The number of aryl methyl sites for hydroxylation is 1. The van der Waals surface area contributed by atoms with E-state index in [1.165, 1.54) is 11.8 Å². The molecule has 0 spiro atoms. The molecule has 0 aliphatic heterocycles. The van der Waals surface area contributed by atoms with Gasteiger partial charge in [0.2, 0.25) is 5.91 Å². The number of amides is 1. The van der Waals surface area contributed by atoms with Gasteiger partial charge in [-0.1, -0.05) is 30.0 Å². The second-order valence-electron chi connectivity index (χ2n) is 6.65. The SMILES string of the molecule is CCN(C(=O)CSc1nnc2cc(C)c3ccc(OC)cc3n12)c1ccccc1. The Morgan fingerprint density at radius 1 is 1.14 bits per heavy atom. The van der Waals surface area contributed by atoms with E-state index in [-0.39, 0.29) is 11.7 Å². The molecule has 2 heterocycles. The number of aromatic nitrogens is 3. The molecule has 4 rings (SSSR count). The highest BCUT2D eigenvalue weighted by molar-refractivity contribution is 7.99. The van der Waals surface area contributed by atoms with Gasteiger partial charge in [-0.15, -0.1) is 10.2 Å². The first-order valence-electron chi connectivity index (χ1n) is 9.43. The van der Waals surface area contributed by atoms with Crippen molar-refractivity contribution in [1.29, 1.82) is 0 Å². The van der Waals surface area contributed by atoms with Crippen LogP contribution in [0.3, 0.4) is 0 Å². The number of hydrogen-bond acceptors (Lipinski definition) is 5. The molecule has 0 saturated heterocycles. The number of para-hydroxylation sites is 1. The van der Waals surface area contributed by atoms with Crippen molar-refractivity contribution in [1.82, 2.24) is 14.6 Å². The molecule has 0 fully saturated rings. The fourth-order valence-corrected chi connectivity index (χ4v) is 4.27. The number of nitrogens with zero attached hydrogens (tertiary/aromatic N) is 4. The first kappa shape index (κ1) is 19.3. The molecule has 0 aliphatic carbocycles. The summed E-state index contributed by atoms with van der Waals surface area (Å²) in [5.74, 6) is 1.09. The van der Waals surface area contributed by atoms with E-state index < -0.39 is 0 Å². The Hall–Kier alpha value is -3.06. The summed E-state index contributed by atoms with van der Waals surface area (Å²) < 4.78 is 7.39. The molecule has 148 valence electrons. The van der Waals surface area contributed by atoms with Crippen LogP contribution >= 0.6 is 11.8 Å². The lowest BCUT2D eigenvalue weighted by molar-refractivity contribution is -0.116. The number of ether oxygens (including phenoxy) is 1. The molecule has 0 saturated carbocycles. The van der Waals surface area contributed by atoms with E-state index in [4.69, 9.17) is 4.74 Å². The van der Waals surface area contributed by atoms with Crippen molar-refractivity contribution in [2.24, 2.45) is 0 Å². The summed E-state index contributed by atoms with van der Waals surface area (Å²) >= 11 is 1.39. The highest BCUT2D eigenvalue weighted by Gasteiger charge is 2.17. The molecule has 0 atom stereocenters. The Morgan fingerprint density at radius 3 is 2.66 bits per heavy atom. The summed E-state index contributed by atoms with van der Waals surface area (Å²) in [5.41, 5.74) is 3.75. The summed E-state index contributed by atoms with van der Waals surface area (Å²) in [6, 6.07) is 17.7. The van der Waals surface area contributed by atoms with Crippen molar-refractivity contribution in [2.75, 3.05) is 24.3 Å². The zero-order valence-corrected chi connectivity index (χ0v) is 17.4. The molecule has 0 radical (unpaired) electrons. The van der Waals surface area contributed by atoms with Gasteiger partial charge in [-0.3, -0.25) is 9.20 Å². The van der Waals surface area contributed by atoms with Gasteiger partial charge in [-0.05, 0) is 49.7 Å². The van der Waals surface area contributed by atoms with Gasteiger partial charge in [0.05, 0.1) is 18.4 Å². The number of benzene rings is 2. The monoisotopic (exact) mass is 406 g/mol. The van der Waals surface area contributed by atoms with Crippen molar-refractivity contribution >= 4 is 39.9 Å². The zero-order valence-electron chi connectivity index (χ0n) is 16.6. The van der Waals surface area contributed by atoms with Crippen LogP contribution in [0.25, 0.3) is 16.6 Å². The molecule has 7 heteroatoms. The molecular weight excluding hydrogens is 384 g/mol. The average Bonchev–Trinajstić information content (AvgIpc) is 3.16. The molecule has 0 unspecified atom stereocenters. The molecule has 1 amide bonds. The number of pyridine rings is 1. The van der Waals surface area contributed by atoms with Gasteiger partial charge in [-0.25, -0.2) is 0 Å². The first-order chi connectivity index (χ1) is 14.1. The molecule has 4 aromatic rings. The van der Waals surface area contributed by atoms with Gasteiger partial charge in [0, 0.05) is 23.7 Å². The Bertz CT molecular complexity index is 1170. The summed E-state index contributed by atoms with van der Waals surface area (Å²) in [7, 11) is 1.65. The number of hydrogen-bond donors (Lipinski definition) is 0. The van der Waals surface area contributed by atoms with E-state index in [1.807, 2.05) is 65.9 Å². The third-order valence-corrected chi connectivity index (χ3v) is 5.80. The Balaban J connectivity index is 1.66. The van der Waals surface area contributed by atoms with E-state index in [2.05, 4.69) is 17.1 Å². The van der Waals surface area contributed by atoms with E-state index in [1.54, 1.807) is 12.0 Å².